The van der Waals surface area contributed by atoms with Crippen molar-refractivity contribution in [3.63, 3.8) is 0 Å². The maximum absolute atomic E-state index is 5.80. The summed E-state index contributed by atoms with van der Waals surface area (Å²) in [4.78, 5) is 10.2. The van der Waals surface area contributed by atoms with Gasteiger partial charge in [0, 0.05) is 26.4 Å². The molecule has 0 spiro atoms. The van der Waals surface area contributed by atoms with Crippen molar-refractivity contribution in [1.29, 1.82) is 0 Å². The Morgan fingerprint density at radius 2 is 2.41 bits per heavy atom. The fraction of sp³-hybridized carbons (Fsp3) is 0.636. The minimum Gasteiger partial charge on any atom is -0.376 e. The number of aromatic nitrogens is 2. The molecule has 4 nitrogen and oxygen atoms in total. The largest absolute Gasteiger partial charge is 0.376 e. The summed E-state index contributed by atoms with van der Waals surface area (Å²) in [5.41, 5.74) is 0. The molecule has 0 N–H and O–H groups in total. The molecule has 1 aliphatic rings. The van der Waals surface area contributed by atoms with Crippen LogP contribution in [0.25, 0.3) is 0 Å². The van der Waals surface area contributed by atoms with Gasteiger partial charge in [-0.15, -0.1) is 0 Å². The van der Waals surface area contributed by atoms with Crippen molar-refractivity contribution in [3.8, 4) is 0 Å². The second-order valence-electron chi connectivity index (χ2n) is 4.18. The van der Waals surface area contributed by atoms with Crippen molar-refractivity contribution < 1.29 is 4.74 Å². The zero-order valence-electron chi connectivity index (χ0n) is 9.70. The highest BCUT2D eigenvalue weighted by molar-refractivity contribution is 9.10. The minimum atomic E-state index is 0.264. The first-order chi connectivity index (χ1) is 8.16. The monoisotopic (exact) mass is 319 g/mol. The number of likely N-dealkylation sites (N-methyl/N-ethyl adjacent to an activating group) is 1. The molecule has 94 valence electrons. The Kier molecular flexibility index (Phi) is 4.59. The first-order valence-electron chi connectivity index (χ1n) is 5.67. The molecule has 1 atom stereocenters. The Morgan fingerprint density at radius 3 is 3.12 bits per heavy atom. The highest BCUT2D eigenvalue weighted by Gasteiger charge is 2.18. The van der Waals surface area contributed by atoms with Crippen molar-refractivity contribution in [1.82, 2.24) is 9.97 Å². The Morgan fingerprint density at radius 1 is 1.59 bits per heavy atom. The van der Waals surface area contributed by atoms with Gasteiger partial charge in [-0.3, -0.25) is 0 Å². The van der Waals surface area contributed by atoms with Gasteiger partial charge in [-0.25, -0.2) is 4.98 Å². The molecule has 0 bridgehead atoms. The van der Waals surface area contributed by atoms with Gasteiger partial charge in [0.1, 0.15) is 5.82 Å². The molecular formula is C11H15BrClN3O. The van der Waals surface area contributed by atoms with Gasteiger partial charge in [0.25, 0.3) is 0 Å². The number of nitrogens with zero attached hydrogens (tertiary/aromatic N) is 3. The molecule has 6 heteroatoms. The number of halogens is 2. The molecule has 2 rings (SSSR count). The van der Waals surface area contributed by atoms with Crippen molar-refractivity contribution in [3.05, 3.63) is 16.0 Å². The summed E-state index contributed by atoms with van der Waals surface area (Å²) in [5, 5.41) is 0.264. The summed E-state index contributed by atoms with van der Waals surface area (Å²) in [6.07, 6.45) is 5.48. The van der Waals surface area contributed by atoms with Crippen LogP contribution in [0.15, 0.2) is 10.7 Å². The molecule has 17 heavy (non-hydrogen) atoms. The fourth-order valence-corrected chi connectivity index (χ4v) is 2.57. The lowest BCUT2D eigenvalue weighted by Crippen LogP contribution is -2.34. The summed E-state index contributed by atoms with van der Waals surface area (Å²) < 4.78 is 6.55. The van der Waals surface area contributed by atoms with E-state index in [2.05, 4.69) is 25.9 Å². The number of hydrogen-bond donors (Lipinski definition) is 0. The van der Waals surface area contributed by atoms with Crippen LogP contribution in [0.2, 0.25) is 5.28 Å². The highest BCUT2D eigenvalue weighted by atomic mass is 79.9. The molecule has 0 aliphatic carbocycles. The Hall–Kier alpha value is -0.390. The van der Waals surface area contributed by atoms with Crippen molar-refractivity contribution in [2.24, 2.45) is 0 Å². The molecule has 1 unspecified atom stereocenters. The Balaban J connectivity index is 2.02. The molecule has 0 amide bonds. The van der Waals surface area contributed by atoms with E-state index in [1.807, 2.05) is 11.9 Å². The molecule has 1 fully saturated rings. The first kappa shape index (κ1) is 13.1. The lowest BCUT2D eigenvalue weighted by molar-refractivity contribution is 0.0215. The maximum atomic E-state index is 5.80. The quantitative estimate of drug-likeness (QED) is 0.803. The second kappa shape index (κ2) is 5.98. The van der Waals surface area contributed by atoms with Gasteiger partial charge < -0.3 is 9.64 Å². The summed E-state index contributed by atoms with van der Waals surface area (Å²) in [7, 11) is 1.99. The average molecular weight is 321 g/mol. The molecule has 2 heterocycles. The van der Waals surface area contributed by atoms with Crippen LogP contribution in [-0.2, 0) is 4.74 Å². The van der Waals surface area contributed by atoms with Gasteiger partial charge in [-0.05, 0) is 46.8 Å². The zero-order chi connectivity index (χ0) is 12.3. The Labute approximate surface area is 114 Å². The summed E-state index contributed by atoms with van der Waals surface area (Å²) in [5.74, 6) is 0.805. The standard InChI is InChI=1S/C11H15BrClN3O/c1-16(7-8-4-2-3-5-17-8)10-9(12)6-14-11(13)15-10/h6,8H,2-5,7H2,1H3. The SMILES string of the molecule is CN(CC1CCCCO1)c1nc(Cl)ncc1Br. The average Bonchev–Trinajstić information content (AvgIpc) is 2.33. The molecule has 1 saturated heterocycles. The molecular weight excluding hydrogens is 305 g/mol. The topological polar surface area (TPSA) is 38.2 Å². The smallest absolute Gasteiger partial charge is 0.224 e. The summed E-state index contributed by atoms with van der Waals surface area (Å²) >= 11 is 9.23. The van der Waals surface area contributed by atoms with Crippen LogP contribution in [0.3, 0.4) is 0 Å². The van der Waals surface area contributed by atoms with E-state index >= 15 is 0 Å². The van der Waals surface area contributed by atoms with Crippen LogP contribution in [0.4, 0.5) is 5.82 Å². The van der Waals surface area contributed by atoms with Crippen molar-refractivity contribution in [2.75, 3.05) is 25.1 Å². The molecule has 1 aliphatic heterocycles. The van der Waals surface area contributed by atoms with E-state index < -0.39 is 0 Å². The molecule has 0 saturated carbocycles. The minimum absolute atomic E-state index is 0.264. The van der Waals surface area contributed by atoms with Gasteiger partial charge in [0.15, 0.2) is 0 Å². The van der Waals surface area contributed by atoms with Crippen LogP contribution in [0, 0.1) is 0 Å². The lowest BCUT2D eigenvalue weighted by Gasteiger charge is -2.28. The van der Waals surface area contributed by atoms with E-state index in [0.717, 1.165) is 29.9 Å². The summed E-state index contributed by atoms with van der Waals surface area (Å²) in [6.45, 7) is 1.69. The number of ether oxygens (including phenoxy) is 1. The predicted octanol–water partition coefficient (Wildman–Crippen LogP) is 2.90. The lowest BCUT2D eigenvalue weighted by atomic mass is 10.1. The molecule has 1 aromatic rings. The van der Waals surface area contributed by atoms with Gasteiger partial charge in [0.05, 0.1) is 10.6 Å². The van der Waals surface area contributed by atoms with Gasteiger partial charge in [0.2, 0.25) is 5.28 Å². The number of hydrogen-bond acceptors (Lipinski definition) is 4. The zero-order valence-corrected chi connectivity index (χ0v) is 12.0. The maximum Gasteiger partial charge on any atom is 0.224 e. The van der Waals surface area contributed by atoms with Gasteiger partial charge in [-0.1, -0.05) is 0 Å². The Bertz CT molecular complexity index is 385. The third kappa shape index (κ3) is 3.53. The predicted molar refractivity (Wildman–Crippen MR) is 71.6 cm³/mol. The molecule has 1 aromatic heterocycles. The van der Waals surface area contributed by atoms with Crippen molar-refractivity contribution >= 4 is 33.3 Å². The van der Waals surface area contributed by atoms with E-state index in [-0.39, 0.29) is 11.4 Å². The number of anilines is 1. The third-order valence-electron chi connectivity index (χ3n) is 2.81. The van der Waals surface area contributed by atoms with Crippen LogP contribution in [-0.4, -0.2) is 36.3 Å². The van der Waals surface area contributed by atoms with Gasteiger partial charge >= 0.3 is 0 Å². The van der Waals surface area contributed by atoms with E-state index in [0.29, 0.717) is 0 Å². The van der Waals surface area contributed by atoms with E-state index in [9.17, 15) is 0 Å². The second-order valence-corrected chi connectivity index (χ2v) is 5.37. The number of rotatable bonds is 3. The third-order valence-corrected chi connectivity index (χ3v) is 3.55. The van der Waals surface area contributed by atoms with E-state index in [1.165, 1.54) is 12.8 Å². The van der Waals surface area contributed by atoms with Crippen LogP contribution < -0.4 is 4.90 Å². The first-order valence-corrected chi connectivity index (χ1v) is 6.84. The highest BCUT2D eigenvalue weighted by Crippen LogP contribution is 2.24. The normalized spacial score (nSPS) is 20.3. The molecule has 0 aromatic carbocycles. The molecule has 0 radical (unpaired) electrons. The van der Waals surface area contributed by atoms with E-state index in [4.69, 9.17) is 16.3 Å². The van der Waals surface area contributed by atoms with Crippen LogP contribution in [0.5, 0.6) is 0 Å². The van der Waals surface area contributed by atoms with E-state index in [1.54, 1.807) is 6.20 Å². The van der Waals surface area contributed by atoms with Crippen molar-refractivity contribution in [2.45, 2.75) is 25.4 Å². The fourth-order valence-electron chi connectivity index (χ4n) is 1.95. The van der Waals surface area contributed by atoms with Gasteiger partial charge in [-0.2, -0.15) is 4.98 Å². The summed E-state index contributed by atoms with van der Waals surface area (Å²) in [6, 6.07) is 0. The van der Waals surface area contributed by atoms with Crippen LogP contribution in [0.1, 0.15) is 19.3 Å². The van der Waals surface area contributed by atoms with Crippen LogP contribution >= 0.6 is 27.5 Å².